The van der Waals surface area contributed by atoms with Crippen LogP contribution in [0.5, 0.6) is 5.75 Å². The average Bonchev–Trinajstić information content (AvgIpc) is 3.53. The van der Waals surface area contributed by atoms with Gasteiger partial charge in [-0.25, -0.2) is 4.98 Å². The SMILES string of the molecule is O=C(c1nc(CC2(c3cccc4ccccc34)CCCC2)[nH]c(=O)c1OCc1ccccc1)N(CCO)Cc1ccccc1. The maximum absolute atomic E-state index is 14.2. The van der Waals surface area contributed by atoms with Crippen molar-refractivity contribution >= 4 is 16.7 Å². The third kappa shape index (κ3) is 6.29. The van der Waals surface area contributed by atoms with E-state index in [1.165, 1.54) is 21.2 Å². The van der Waals surface area contributed by atoms with E-state index in [1.54, 1.807) is 0 Å². The lowest BCUT2D eigenvalue weighted by Crippen LogP contribution is -2.36. The number of aliphatic hydroxyl groups is 1. The predicted molar refractivity (Wildman–Crippen MR) is 172 cm³/mol. The first-order chi connectivity index (χ1) is 21.6. The summed E-state index contributed by atoms with van der Waals surface area (Å²) in [7, 11) is 0. The van der Waals surface area contributed by atoms with Crippen LogP contribution in [0.2, 0.25) is 0 Å². The van der Waals surface area contributed by atoms with Gasteiger partial charge in [0.15, 0.2) is 5.69 Å². The van der Waals surface area contributed by atoms with Crippen LogP contribution >= 0.6 is 0 Å². The minimum Gasteiger partial charge on any atom is -0.481 e. The van der Waals surface area contributed by atoms with Gasteiger partial charge >= 0.3 is 0 Å². The molecule has 2 N–H and O–H groups in total. The van der Waals surface area contributed by atoms with Crippen LogP contribution in [-0.2, 0) is 25.0 Å². The van der Waals surface area contributed by atoms with Crippen molar-refractivity contribution in [1.82, 2.24) is 14.9 Å². The number of carbonyl (C=O) groups is 1. The second-order valence-corrected chi connectivity index (χ2v) is 11.6. The molecule has 1 heterocycles. The Bertz CT molecular complexity index is 1770. The van der Waals surface area contributed by atoms with E-state index in [2.05, 4.69) is 41.4 Å². The zero-order valence-corrected chi connectivity index (χ0v) is 24.7. The number of nitrogens with zero attached hydrogens (tertiary/aromatic N) is 2. The fourth-order valence-corrected chi connectivity index (χ4v) is 6.53. The summed E-state index contributed by atoms with van der Waals surface area (Å²) in [5.74, 6) is -0.0999. The van der Waals surface area contributed by atoms with Gasteiger partial charge in [-0.2, -0.15) is 0 Å². The Morgan fingerprint density at radius 1 is 0.864 bits per heavy atom. The van der Waals surface area contributed by atoms with Crippen LogP contribution in [0, 0.1) is 0 Å². The fourth-order valence-electron chi connectivity index (χ4n) is 6.53. The lowest BCUT2D eigenvalue weighted by Gasteiger charge is -2.31. The molecule has 7 heteroatoms. The molecule has 4 aromatic carbocycles. The zero-order chi connectivity index (χ0) is 30.4. The van der Waals surface area contributed by atoms with Gasteiger partial charge in [-0.05, 0) is 40.3 Å². The van der Waals surface area contributed by atoms with Gasteiger partial charge in [-0.3, -0.25) is 9.59 Å². The molecule has 1 aliphatic carbocycles. The Morgan fingerprint density at radius 2 is 1.52 bits per heavy atom. The van der Waals surface area contributed by atoms with Crippen LogP contribution < -0.4 is 10.3 Å². The Morgan fingerprint density at radius 3 is 2.25 bits per heavy atom. The van der Waals surface area contributed by atoms with Crippen LogP contribution in [0.3, 0.4) is 0 Å². The second-order valence-electron chi connectivity index (χ2n) is 11.6. The molecule has 5 aromatic rings. The molecule has 0 spiro atoms. The number of aromatic nitrogens is 2. The summed E-state index contributed by atoms with van der Waals surface area (Å²) in [6.45, 7) is 0.251. The van der Waals surface area contributed by atoms with Crippen molar-refractivity contribution in [3.05, 3.63) is 142 Å². The molecule has 0 radical (unpaired) electrons. The third-order valence-corrected chi connectivity index (χ3v) is 8.66. The molecule has 44 heavy (non-hydrogen) atoms. The summed E-state index contributed by atoms with van der Waals surface area (Å²) in [4.78, 5) is 37.2. The Kier molecular flexibility index (Phi) is 8.84. The molecule has 1 aromatic heterocycles. The van der Waals surface area contributed by atoms with Gasteiger partial charge < -0.3 is 19.7 Å². The van der Waals surface area contributed by atoms with Gasteiger partial charge in [-0.15, -0.1) is 0 Å². The molecule has 1 saturated carbocycles. The van der Waals surface area contributed by atoms with Crippen molar-refractivity contribution in [2.24, 2.45) is 0 Å². The summed E-state index contributed by atoms with van der Waals surface area (Å²) in [6, 6.07) is 33.9. The standard InChI is InChI=1S/C37H37N3O4/c41-23-22-40(25-27-12-3-1-4-13-27)36(43)33-34(44-26-28-14-5-2-6-15-28)35(42)39-32(38-33)24-37(20-9-10-21-37)31-19-11-17-29-16-7-8-18-30(29)31/h1-8,11-19,41H,9-10,20-26H2,(H,38,39,42). The minimum absolute atomic E-state index is 0.0323. The van der Waals surface area contributed by atoms with E-state index in [-0.39, 0.29) is 43.2 Å². The number of benzene rings is 4. The van der Waals surface area contributed by atoms with Crippen molar-refractivity contribution in [2.45, 2.75) is 50.7 Å². The molecule has 1 aliphatic rings. The highest BCUT2D eigenvalue weighted by atomic mass is 16.5. The molecule has 0 unspecified atom stereocenters. The van der Waals surface area contributed by atoms with Crippen molar-refractivity contribution in [3.63, 3.8) is 0 Å². The van der Waals surface area contributed by atoms with Crippen molar-refractivity contribution < 1.29 is 14.6 Å². The summed E-state index contributed by atoms with van der Waals surface area (Å²) < 4.78 is 6.03. The number of rotatable bonds is 11. The quantitative estimate of drug-likeness (QED) is 0.192. The first-order valence-electron chi connectivity index (χ1n) is 15.3. The Hall–Kier alpha value is -4.75. The molecule has 1 fully saturated rings. The molecule has 224 valence electrons. The highest BCUT2D eigenvalue weighted by Gasteiger charge is 2.38. The van der Waals surface area contributed by atoms with Crippen molar-refractivity contribution in [1.29, 1.82) is 0 Å². The van der Waals surface area contributed by atoms with Gasteiger partial charge in [-0.1, -0.05) is 116 Å². The highest BCUT2D eigenvalue weighted by Crippen LogP contribution is 2.45. The summed E-state index contributed by atoms with van der Waals surface area (Å²) in [5.41, 5.74) is 2.29. The summed E-state index contributed by atoms with van der Waals surface area (Å²) in [6.07, 6.45) is 4.59. The van der Waals surface area contributed by atoms with E-state index in [0.717, 1.165) is 36.8 Å². The van der Waals surface area contributed by atoms with E-state index in [9.17, 15) is 14.7 Å². The molecule has 1 amide bonds. The van der Waals surface area contributed by atoms with Crippen LogP contribution in [0.15, 0.2) is 108 Å². The van der Waals surface area contributed by atoms with Crippen LogP contribution in [0.4, 0.5) is 0 Å². The molecule has 0 aliphatic heterocycles. The number of H-pyrrole nitrogens is 1. The number of aromatic amines is 1. The molecule has 0 bridgehead atoms. The Balaban J connectivity index is 1.40. The first kappa shape index (κ1) is 29.3. The first-order valence-corrected chi connectivity index (χ1v) is 15.3. The lowest BCUT2D eigenvalue weighted by atomic mass is 9.74. The number of hydrogen-bond donors (Lipinski definition) is 2. The van der Waals surface area contributed by atoms with E-state index >= 15 is 0 Å². The minimum atomic E-state index is -0.482. The fraction of sp³-hybridized carbons (Fsp3) is 0.270. The zero-order valence-electron chi connectivity index (χ0n) is 24.7. The molecule has 0 saturated heterocycles. The van der Waals surface area contributed by atoms with Gasteiger partial charge in [0.25, 0.3) is 11.5 Å². The number of aliphatic hydroxyl groups excluding tert-OH is 1. The van der Waals surface area contributed by atoms with Crippen LogP contribution in [-0.4, -0.2) is 39.0 Å². The second kappa shape index (κ2) is 13.3. The molecular weight excluding hydrogens is 550 g/mol. The molecule has 0 atom stereocenters. The van der Waals surface area contributed by atoms with Crippen LogP contribution in [0.1, 0.15) is 58.7 Å². The summed E-state index contributed by atoms with van der Waals surface area (Å²) >= 11 is 0. The number of nitrogens with one attached hydrogen (secondary N) is 1. The van der Waals surface area contributed by atoms with Crippen molar-refractivity contribution in [3.8, 4) is 5.75 Å². The van der Waals surface area contributed by atoms with Gasteiger partial charge in [0.1, 0.15) is 12.4 Å². The molecule has 6 rings (SSSR count). The number of fused-ring (bicyclic) bond motifs is 1. The smallest absolute Gasteiger partial charge is 0.294 e. The largest absolute Gasteiger partial charge is 0.481 e. The Labute approximate surface area is 257 Å². The predicted octanol–water partition coefficient (Wildman–Crippen LogP) is 6.19. The average molecular weight is 588 g/mol. The molecular formula is C37H37N3O4. The summed E-state index contributed by atoms with van der Waals surface area (Å²) in [5, 5.41) is 12.2. The van der Waals surface area contributed by atoms with Crippen LogP contribution in [0.25, 0.3) is 10.8 Å². The lowest BCUT2D eigenvalue weighted by molar-refractivity contribution is 0.0695. The number of ether oxygens (including phenoxy) is 1. The maximum atomic E-state index is 14.2. The van der Waals surface area contributed by atoms with Gasteiger partial charge in [0.05, 0.1) is 6.61 Å². The number of hydrogen-bond acceptors (Lipinski definition) is 5. The highest BCUT2D eigenvalue weighted by molar-refractivity contribution is 5.95. The van der Waals surface area contributed by atoms with E-state index in [4.69, 9.17) is 9.72 Å². The van der Waals surface area contributed by atoms with E-state index in [1.807, 2.05) is 66.7 Å². The van der Waals surface area contributed by atoms with E-state index in [0.29, 0.717) is 12.2 Å². The number of amides is 1. The third-order valence-electron chi connectivity index (χ3n) is 8.66. The van der Waals surface area contributed by atoms with Crippen molar-refractivity contribution in [2.75, 3.05) is 13.2 Å². The maximum Gasteiger partial charge on any atom is 0.294 e. The normalized spacial score (nSPS) is 14.0. The van der Waals surface area contributed by atoms with Gasteiger partial charge in [0.2, 0.25) is 5.75 Å². The van der Waals surface area contributed by atoms with Gasteiger partial charge in [0, 0.05) is 24.9 Å². The molecule has 7 nitrogen and oxygen atoms in total. The number of carbonyl (C=O) groups excluding carboxylic acids is 1. The monoisotopic (exact) mass is 587 g/mol. The topological polar surface area (TPSA) is 95.5 Å². The van der Waals surface area contributed by atoms with E-state index < -0.39 is 11.5 Å².